The number of nitrogens with one attached hydrogen (secondary N) is 1. The first-order chi connectivity index (χ1) is 8.26. The van der Waals surface area contributed by atoms with Crippen molar-refractivity contribution in [3.8, 4) is 6.07 Å². The number of aliphatic hydroxyl groups is 1. The van der Waals surface area contributed by atoms with Crippen LogP contribution in [0.15, 0.2) is 0 Å². The number of fused-ring (bicyclic) bond motifs is 1. The monoisotopic (exact) mass is 250 g/mol. The van der Waals surface area contributed by atoms with Crippen LogP contribution in [0.25, 0.3) is 0 Å². The summed E-state index contributed by atoms with van der Waals surface area (Å²) >= 11 is 1.52. The Balaban J connectivity index is 2.12. The highest BCUT2D eigenvalue weighted by Crippen LogP contribution is 2.38. The molecule has 0 aromatic carbocycles. The van der Waals surface area contributed by atoms with Crippen molar-refractivity contribution in [3.63, 3.8) is 0 Å². The van der Waals surface area contributed by atoms with Gasteiger partial charge >= 0.3 is 0 Å². The average molecular weight is 250 g/mol. The number of anilines is 1. The maximum absolute atomic E-state index is 11.5. The largest absolute Gasteiger partial charge is 0.396 e. The van der Waals surface area contributed by atoms with Gasteiger partial charge in [-0.2, -0.15) is 5.26 Å². The summed E-state index contributed by atoms with van der Waals surface area (Å²) in [5.41, 5.74) is 1.76. The Morgan fingerprint density at radius 1 is 1.53 bits per heavy atom. The minimum absolute atomic E-state index is 0.0134. The van der Waals surface area contributed by atoms with E-state index in [1.54, 1.807) is 0 Å². The van der Waals surface area contributed by atoms with Crippen LogP contribution in [-0.2, 0) is 17.6 Å². The van der Waals surface area contributed by atoms with Gasteiger partial charge in [-0.1, -0.05) is 0 Å². The van der Waals surface area contributed by atoms with Crippen LogP contribution in [0.2, 0.25) is 0 Å². The number of rotatable bonds is 4. The third kappa shape index (κ3) is 2.48. The Hall–Kier alpha value is -1.38. The van der Waals surface area contributed by atoms with Crippen LogP contribution in [0.4, 0.5) is 5.00 Å². The van der Waals surface area contributed by atoms with Crippen LogP contribution in [0.3, 0.4) is 0 Å². The van der Waals surface area contributed by atoms with Gasteiger partial charge in [0.05, 0.1) is 5.56 Å². The molecule has 2 rings (SSSR count). The molecule has 90 valence electrons. The zero-order valence-corrected chi connectivity index (χ0v) is 10.3. The van der Waals surface area contributed by atoms with Crippen molar-refractivity contribution < 1.29 is 9.90 Å². The molecule has 0 fully saturated rings. The molecule has 0 unspecified atom stereocenters. The fourth-order valence-electron chi connectivity index (χ4n) is 2.04. The van der Waals surface area contributed by atoms with Crippen molar-refractivity contribution in [1.82, 2.24) is 0 Å². The van der Waals surface area contributed by atoms with E-state index in [0.717, 1.165) is 24.8 Å². The fraction of sp³-hybridized carbons (Fsp3) is 0.500. The molecule has 1 aliphatic rings. The number of aryl methyl sites for hydroxylation is 1. The van der Waals surface area contributed by atoms with Gasteiger partial charge < -0.3 is 10.4 Å². The number of amides is 1. The molecule has 5 heteroatoms. The van der Waals surface area contributed by atoms with E-state index in [1.807, 2.05) is 0 Å². The van der Waals surface area contributed by atoms with Gasteiger partial charge in [-0.15, -0.1) is 11.3 Å². The molecule has 17 heavy (non-hydrogen) atoms. The molecule has 1 aromatic rings. The molecule has 0 radical (unpaired) electrons. The molecule has 1 aromatic heterocycles. The van der Waals surface area contributed by atoms with Crippen LogP contribution < -0.4 is 5.32 Å². The van der Waals surface area contributed by atoms with Crippen LogP contribution in [0, 0.1) is 11.3 Å². The predicted octanol–water partition coefficient (Wildman–Crippen LogP) is 1.82. The molecule has 2 N–H and O–H groups in total. The van der Waals surface area contributed by atoms with Gasteiger partial charge in [0, 0.05) is 17.9 Å². The Kier molecular flexibility index (Phi) is 3.77. The SMILES string of the molecule is N#Cc1c(NC(=O)CCCO)sc2c1CCC2. The van der Waals surface area contributed by atoms with E-state index in [9.17, 15) is 4.79 Å². The highest BCUT2D eigenvalue weighted by atomic mass is 32.1. The summed E-state index contributed by atoms with van der Waals surface area (Å²) < 4.78 is 0. The zero-order chi connectivity index (χ0) is 12.3. The highest BCUT2D eigenvalue weighted by Gasteiger charge is 2.22. The standard InChI is InChI=1S/C12H14N2O2S/c13-7-9-8-3-1-4-10(8)17-12(9)14-11(16)5-2-6-15/h15H,1-6H2,(H,14,16). The molecule has 0 aliphatic heterocycles. The van der Waals surface area contributed by atoms with Crippen molar-refractivity contribution in [1.29, 1.82) is 5.26 Å². The molecule has 1 heterocycles. The first kappa shape index (κ1) is 12.1. The second-order valence-corrected chi connectivity index (χ2v) is 5.15. The fourth-order valence-corrected chi connectivity index (χ4v) is 3.30. The molecule has 1 aliphatic carbocycles. The van der Waals surface area contributed by atoms with E-state index in [4.69, 9.17) is 10.4 Å². The highest BCUT2D eigenvalue weighted by molar-refractivity contribution is 7.16. The molecule has 0 bridgehead atoms. The summed E-state index contributed by atoms with van der Waals surface area (Å²) in [7, 11) is 0. The van der Waals surface area contributed by atoms with Gasteiger partial charge in [-0.25, -0.2) is 0 Å². The van der Waals surface area contributed by atoms with Gasteiger partial charge in [0.1, 0.15) is 11.1 Å². The Labute approximate surface area is 104 Å². The summed E-state index contributed by atoms with van der Waals surface area (Å²) in [6.45, 7) is 0.0134. The summed E-state index contributed by atoms with van der Waals surface area (Å²) in [5.74, 6) is -0.129. The summed E-state index contributed by atoms with van der Waals surface area (Å²) in [4.78, 5) is 12.8. The lowest BCUT2D eigenvalue weighted by atomic mass is 10.1. The average Bonchev–Trinajstić information content (AvgIpc) is 2.86. The number of nitriles is 1. The summed E-state index contributed by atoms with van der Waals surface area (Å²) in [6, 6.07) is 2.18. The summed E-state index contributed by atoms with van der Waals surface area (Å²) in [5, 5.41) is 21.2. The Morgan fingerprint density at radius 2 is 2.35 bits per heavy atom. The Bertz CT molecular complexity index is 474. The molecule has 0 spiro atoms. The molecular formula is C12H14N2O2S. The maximum atomic E-state index is 11.5. The molecule has 1 amide bonds. The zero-order valence-electron chi connectivity index (χ0n) is 9.45. The van der Waals surface area contributed by atoms with E-state index >= 15 is 0 Å². The van der Waals surface area contributed by atoms with E-state index in [2.05, 4.69) is 11.4 Å². The van der Waals surface area contributed by atoms with Crippen molar-refractivity contribution in [2.24, 2.45) is 0 Å². The third-order valence-electron chi connectivity index (χ3n) is 2.85. The van der Waals surface area contributed by atoms with Gasteiger partial charge in [0.25, 0.3) is 0 Å². The number of carbonyl (C=O) groups is 1. The minimum Gasteiger partial charge on any atom is -0.396 e. The van der Waals surface area contributed by atoms with Crippen LogP contribution >= 0.6 is 11.3 Å². The smallest absolute Gasteiger partial charge is 0.225 e. The number of hydrogen-bond donors (Lipinski definition) is 2. The van der Waals surface area contributed by atoms with E-state index in [-0.39, 0.29) is 12.5 Å². The van der Waals surface area contributed by atoms with Gasteiger partial charge in [0.15, 0.2) is 0 Å². The quantitative estimate of drug-likeness (QED) is 0.856. The number of thiophene rings is 1. The molecule has 0 saturated carbocycles. The number of nitrogens with zero attached hydrogens (tertiary/aromatic N) is 1. The third-order valence-corrected chi connectivity index (χ3v) is 4.06. The van der Waals surface area contributed by atoms with Gasteiger partial charge in [-0.3, -0.25) is 4.79 Å². The van der Waals surface area contributed by atoms with E-state index < -0.39 is 0 Å². The number of carbonyl (C=O) groups excluding carboxylic acids is 1. The van der Waals surface area contributed by atoms with E-state index in [0.29, 0.717) is 23.4 Å². The molecule has 4 nitrogen and oxygen atoms in total. The summed E-state index contributed by atoms with van der Waals surface area (Å²) in [6.07, 6.45) is 3.82. The lowest BCUT2D eigenvalue weighted by molar-refractivity contribution is -0.116. The van der Waals surface area contributed by atoms with Crippen LogP contribution in [0.5, 0.6) is 0 Å². The molecular weight excluding hydrogens is 236 g/mol. The number of aliphatic hydroxyl groups excluding tert-OH is 1. The van der Waals surface area contributed by atoms with Crippen LogP contribution in [0.1, 0.15) is 35.3 Å². The normalized spacial score (nSPS) is 13.2. The first-order valence-electron chi connectivity index (χ1n) is 5.71. The lowest BCUT2D eigenvalue weighted by Crippen LogP contribution is -2.11. The van der Waals surface area contributed by atoms with Gasteiger partial charge in [0.2, 0.25) is 5.91 Å². The van der Waals surface area contributed by atoms with Crippen LogP contribution in [-0.4, -0.2) is 17.6 Å². The Morgan fingerprint density at radius 3 is 3.06 bits per heavy atom. The second-order valence-electron chi connectivity index (χ2n) is 4.05. The van der Waals surface area contributed by atoms with Crippen molar-refractivity contribution in [2.45, 2.75) is 32.1 Å². The number of hydrogen-bond acceptors (Lipinski definition) is 4. The van der Waals surface area contributed by atoms with Crippen molar-refractivity contribution >= 4 is 22.2 Å². The minimum atomic E-state index is -0.129. The lowest BCUT2D eigenvalue weighted by Gasteiger charge is -2.02. The van der Waals surface area contributed by atoms with Crippen molar-refractivity contribution in [3.05, 3.63) is 16.0 Å². The first-order valence-corrected chi connectivity index (χ1v) is 6.53. The van der Waals surface area contributed by atoms with E-state index in [1.165, 1.54) is 16.2 Å². The van der Waals surface area contributed by atoms with Gasteiger partial charge in [-0.05, 0) is 31.2 Å². The predicted molar refractivity (Wildman–Crippen MR) is 66.0 cm³/mol. The topological polar surface area (TPSA) is 73.1 Å². The maximum Gasteiger partial charge on any atom is 0.225 e. The molecule has 0 atom stereocenters. The second kappa shape index (κ2) is 5.30. The molecule has 0 saturated heterocycles. The van der Waals surface area contributed by atoms with Crippen molar-refractivity contribution in [2.75, 3.05) is 11.9 Å².